The van der Waals surface area contributed by atoms with Crippen LogP contribution in [0.5, 0.6) is 0 Å². The molecule has 0 saturated carbocycles. The number of aromatic nitrogens is 3. The predicted octanol–water partition coefficient (Wildman–Crippen LogP) is 3.69. The fourth-order valence-corrected chi connectivity index (χ4v) is 3.72. The second-order valence-electron chi connectivity index (χ2n) is 6.06. The Bertz CT molecular complexity index is 1010. The maximum absolute atomic E-state index is 12.0. The summed E-state index contributed by atoms with van der Waals surface area (Å²) in [5, 5.41) is 7.49. The van der Waals surface area contributed by atoms with E-state index in [2.05, 4.69) is 27.1 Å². The lowest BCUT2D eigenvalue weighted by Crippen LogP contribution is -2.27. The average molecular weight is 380 g/mol. The van der Waals surface area contributed by atoms with E-state index in [1.54, 1.807) is 18.0 Å². The highest BCUT2D eigenvalue weighted by Crippen LogP contribution is 2.20. The van der Waals surface area contributed by atoms with E-state index < -0.39 is 0 Å². The molecular formula is C20H20N4O2S. The molecule has 1 aromatic carbocycles. The van der Waals surface area contributed by atoms with E-state index in [0.717, 1.165) is 22.9 Å². The van der Waals surface area contributed by atoms with Crippen molar-refractivity contribution < 1.29 is 9.21 Å². The van der Waals surface area contributed by atoms with Crippen LogP contribution in [0.2, 0.25) is 0 Å². The summed E-state index contributed by atoms with van der Waals surface area (Å²) in [6.07, 6.45) is 6.01. The summed E-state index contributed by atoms with van der Waals surface area (Å²) in [6.45, 7) is 1.28. The minimum Gasteiger partial charge on any atom is -0.463 e. The van der Waals surface area contributed by atoms with Crippen LogP contribution in [0.25, 0.3) is 17.1 Å². The van der Waals surface area contributed by atoms with Crippen LogP contribution >= 0.6 is 11.8 Å². The minimum absolute atomic E-state index is 0.0754. The van der Waals surface area contributed by atoms with Crippen molar-refractivity contribution in [3.8, 4) is 11.5 Å². The minimum atomic E-state index is 0.0754. The molecule has 0 spiro atoms. The number of fused-ring (bicyclic) bond motifs is 1. The van der Waals surface area contributed by atoms with Gasteiger partial charge in [-0.2, -0.15) is 5.10 Å². The number of hydrogen-bond donors (Lipinski definition) is 1. The van der Waals surface area contributed by atoms with Gasteiger partial charge in [0.1, 0.15) is 11.3 Å². The number of benzene rings is 1. The molecule has 138 valence electrons. The summed E-state index contributed by atoms with van der Waals surface area (Å²) in [5.41, 5.74) is 1.77. The molecular weight excluding hydrogens is 360 g/mol. The van der Waals surface area contributed by atoms with Crippen molar-refractivity contribution >= 4 is 23.3 Å². The molecule has 0 radical (unpaired) electrons. The number of carbonyl (C=O) groups is 1. The molecule has 6 nitrogen and oxygen atoms in total. The molecule has 1 N–H and O–H groups in total. The number of furan rings is 1. The van der Waals surface area contributed by atoms with Gasteiger partial charge in [0.2, 0.25) is 5.91 Å². The number of amides is 1. The van der Waals surface area contributed by atoms with E-state index in [1.165, 1.54) is 4.90 Å². The summed E-state index contributed by atoms with van der Waals surface area (Å²) >= 11 is 1.70. The highest BCUT2D eigenvalue weighted by Gasteiger charge is 2.10. The predicted molar refractivity (Wildman–Crippen MR) is 106 cm³/mol. The largest absolute Gasteiger partial charge is 0.463 e. The zero-order valence-corrected chi connectivity index (χ0v) is 15.6. The van der Waals surface area contributed by atoms with E-state index in [1.807, 2.05) is 53.3 Å². The Morgan fingerprint density at radius 1 is 1.15 bits per heavy atom. The maximum atomic E-state index is 12.0. The standard InChI is InChI=1S/C20H20N4O2S/c25-19(8-14-27-16-5-2-1-3-6-16)21-9-10-23-11-12-24-20(23)15-17(22-24)18-7-4-13-26-18/h1-7,11-13,15H,8-10,14H2,(H,21,25). The first-order valence-electron chi connectivity index (χ1n) is 8.82. The van der Waals surface area contributed by atoms with Crippen LogP contribution in [0.15, 0.2) is 76.5 Å². The summed E-state index contributed by atoms with van der Waals surface area (Å²) in [5.74, 6) is 1.60. The fraction of sp³-hybridized carbons (Fsp3) is 0.200. The SMILES string of the molecule is O=C(CCSc1ccccc1)NCCn1ccn2nc(-c3ccco3)cc12. The third-order valence-electron chi connectivity index (χ3n) is 4.19. The van der Waals surface area contributed by atoms with Crippen LogP contribution < -0.4 is 5.32 Å². The Balaban J connectivity index is 1.26. The molecule has 0 aliphatic rings. The van der Waals surface area contributed by atoms with Crippen LogP contribution in [-0.4, -0.2) is 32.4 Å². The van der Waals surface area contributed by atoms with Crippen molar-refractivity contribution in [2.45, 2.75) is 17.9 Å². The third kappa shape index (κ3) is 4.25. The zero-order chi connectivity index (χ0) is 18.5. The molecule has 0 unspecified atom stereocenters. The number of rotatable bonds is 8. The smallest absolute Gasteiger partial charge is 0.220 e. The average Bonchev–Trinajstić information content (AvgIpc) is 3.40. The zero-order valence-electron chi connectivity index (χ0n) is 14.7. The summed E-state index contributed by atoms with van der Waals surface area (Å²) in [7, 11) is 0. The van der Waals surface area contributed by atoms with E-state index in [4.69, 9.17) is 4.42 Å². The van der Waals surface area contributed by atoms with Gasteiger partial charge in [0, 0.05) is 48.6 Å². The molecule has 0 fully saturated rings. The third-order valence-corrected chi connectivity index (χ3v) is 5.20. The van der Waals surface area contributed by atoms with Crippen LogP contribution in [0.1, 0.15) is 6.42 Å². The lowest BCUT2D eigenvalue weighted by atomic mass is 10.3. The molecule has 4 aromatic rings. The van der Waals surface area contributed by atoms with Crippen molar-refractivity contribution in [2.24, 2.45) is 0 Å². The van der Waals surface area contributed by atoms with Crippen molar-refractivity contribution in [3.63, 3.8) is 0 Å². The summed E-state index contributed by atoms with van der Waals surface area (Å²) in [4.78, 5) is 13.2. The number of nitrogens with zero attached hydrogens (tertiary/aromatic N) is 3. The van der Waals surface area contributed by atoms with Crippen LogP contribution in [0.4, 0.5) is 0 Å². The molecule has 0 aliphatic heterocycles. The molecule has 7 heteroatoms. The molecule has 0 aliphatic carbocycles. The highest BCUT2D eigenvalue weighted by molar-refractivity contribution is 7.99. The van der Waals surface area contributed by atoms with Gasteiger partial charge in [-0.25, -0.2) is 4.52 Å². The molecule has 0 saturated heterocycles. The molecule has 4 rings (SSSR count). The Morgan fingerprint density at radius 3 is 2.85 bits per heavy atom. The Kier molecular flexibility index (Phi) is 5.29. The molecule has 0 atom stereocenters. The van der Waals surface area contributed by atoms with E-state index in [-0.39, 0.29) is 5.91 Å². The van der Waals surface area contributed by atoms with E-state index >= 15 is 0 Å². The summed E-state index contributed by atoms with van der Waals surface area (Å²) in [6, 6.07) is 15.8. The van der Waals surface area contributed by atoms with Gasteiger partial charge < -0.3 is 14.3 Å². The Labute approximate surface area is 161 Å². The van der Waals surface area contributed by atoms with Crippen LogP contribution in [0.3, 0.4) is 0 Å². The van der Waals surface area contributed by atoms with Crippen molar-refractivity contribution in [2.75, 3.05) is 12.3 Å². The second-order valence-corrected chi connectivity index (χ2v) is 7.23. The van der Waals surface area contributed by atoms with Gasteiger partial charge in [-0.05, 0) is 24.3 Å². The van der Waals surface area contributed by atoms with Crippen LogP contribution in [-0.2, 0) is 11.3 Å². The molecule has 1 amide bonds. The second kappa shape index (κ2) is 8.18. The van der Waals surface area contributed by atoms with Crippen LogP contribution in [0, 0.1) is 0 Å². The first-order chi connectivity index (χ1) is 13.3. The lowest BCUT2D eigenvalue weighted by molar-refractivity contribution is -0.120. The highest BCUT2D eigenvalue weighted by atomic mass is 32.2. The van der Waals surface area contributed by atoms with Gasteiger partial charge in [-0.3, -0.25) is 4.79 Å². The van der Waals surface area contributed by atoms with Gasteiger partial charge in [0.25, 0.3) is 0 Å². The number of hydrogen-bond acceptors (Lipinski definition) is 4. The van der Waals surface area contributed by atoms with Gasteiger partial charge in [-0.15, -0.1) is 11.8 Å². The van der Waals surface area contributed by atoms with Gasteiger partial charge in [0.15, 0.2) is 5.76 Å². The monoisotopic (exact) mass is 380 g/mol. The number of imidazole rings is 1. The maximum Gasteiger partial charge on any atom is 0.220 e. The van der Waals surface area contributed by atoms with Crippen molar-refractivity contribution in [1.29, 1.82) is 0 Å². The Hall–Kier alpha value is -2.93. The topological polar surface area (TPSA) is 64.5 Å². The Morgan fingerprint density at radius 2 is 2.04 bits per heavy atom. The number of thioether (sulfide) groups is 1. The first-order valence-corrected chi connectivity index (χ1v) is 9.81. The number of carbonyl (C=O) groups excluding carboxylic acids is 1. The normalized spacial score (nSPS) is 11.1. The van der Waals surface area contributed by atoms with E-state index in [0.29, 0.717) is 19.5 Å². The quantitative estimate of drug-likeness (QED) is 0.474. The number of nitrogens with one attached hydrogen (secondary N) is 1. The van der Waals surface area contributed by atoms with Crippen molar-refractivity contribution in [3.05, 3.63) is 67.2 Å². The molecule has 27 heavy (non-hydrogen) atoms. The van der Waals surface area contributed by atoms with Gasteiger partial charge >= 0.3 is 0 Å². The molecule has 3 aromatic heterocycles. The van der Waals surface area contributed by atoms with Gasteiger partial charge in [-0.1, -0.05) is 18.2 Å². The van der Waals surface area contributed by atoms with Gasteiger partial charge in [0.05, 0.1) is 6.26 Å². The fourth-order valence-electron chi connectivity index (χ4n) is 2.85. The van der Waals surface area contributed by atoms with E-state index in [9.17, 15) is 4.79 Å². The lowest BCUT2D eigenvalue weighted by Gasteiger charge is -2.06. The summed E-state index contributed by atoms with van der Waals surface area (Å²) < 4.78 is 9.28. The molecule has 0 bridgehead atoms. The molecule has 3 heterocycles. The first kappa shape index (κ1) is 17.5. The van der Waals surface area contributed by atoms with Crippen molar-refractivity contribution in [1.82, 2.24) is 19.5 Å².